The molecule has 0 aromatic heterocycles. The molecule has 0 aromatic carbocycles. The molecule has 0 spiro atoms. The van der Waals surface area contributed by atoms with E-state index in [-0.39, 0.29) is 16.9 Å². The topological polar surface area (TPSA) is 46.2 Å². The van der Waals surface area contributed by atoms with E-state index in [2.05, 4.69) is 13.8 Å². The molecule has 0 amide bonds. The maximum atomic E-state index is 10.9. The Morgan fingerprint density at radius 3 is 1.88 bits per heavy atom. The summed E-state index contributed by atoms with van der Waals surface area (Å²) in [5.74, 6) is 2.72. The van der Waals surface area contributed by atoms with Crippen LogP contribution in [0, 0.1) is 28.6 Å². The molecular formula is C15H27NO. The minimum absolute atomic E-state index is 0.119. The number of nitrogens with two attached hydrogens (primary N) is 1. The van der Waals surface area contributed by atoms with Gasteiger partial charge in [-0.05, 0) is 68.2 Å². The van der Waals surface area contributed by atoms with E-state index in [9.17, 15) is 5.11 Å². The smallest absolute Gasteiger partial charge is 0.0659 e. The molecule has 4 fully saturated rings. The molecule has 0 aromatic rings. The second-order valence-electron chi connectivity index (χ2n) is 7.88. The Labute approximate surface area is 105 Å². The molecule has 4 rings (SSSR count). The average Bonchev–Trinajstić information content (AvgIpc) is 2.26. The zero-order valence-electron chi connectivity index (χ0n) is 11.3. The van der Waals surface area contributed by atoms with Crippen molar-refractivity contribution in [3.05, 3.63) is 0 Å². The first-order valence-corrected chi connectivity index (χ1v) is 7.33. The predicted octanol–water partition coefficient (Wildman–Crippen LogP) is 2.55. The van der Waals surface area contributed by atoms with E-state index < -0.39 is 0 Å². The highest BCUT2D eigenvalue weighted by Crippen LogP contribution is 2.62. The fourth-order valence-electron chi connectivity index (χ4n) is 5.45. The Balaban J connectivity index is 1.86. The van der Waals surface area contributed by atoms with Gasteiger partial charge < -0.3 is 10.8 Å². The van der Waals surface area contributed by atoms with Gasteiger partial charge in [0.1, 0.15) is 0 Å². The summed E-state index contributed by atoms with van der Waals surface area (Å²) in [6.45, 7) is 4.86. The first-order chi connectivity index (χ1) is 7.95. The van der Waals surface area contributed by atoms with Crippen LogP contribution in [0.4, 0.5) is 0 Å². The summed E-state index contributed by atoms with van der Waals surface area (Å²) in [5.41, 5.74) is 5.97. The van der Waals surface area contributed by atoms with Crippen molar-refractivity contribution in [2.75, 3.05) is 6.54 Å². The number of rotatable bonds is 3. The summed E-state index contributed by atoms with van der Waals surface area (Å²) in [7, 11) is 0. The maximum Gasteiger partial charge on any atom is 0.0659 e. The van der Waals surface area contributed by atoms with Crippen LogP contribution < -0.4 is 5.73 Å². The van der Waals surface area contributed by atoms with Gasteiger partial charge in [0.15, 0.2) is 0 Å². The highest BCUT2D eigenvalue weighted by Gasteiger charge is 2.56. The van der Waals surface area contributed by atoms with Crippen molar-refractivity contribution in [2.45, 2.75) is 58.5 Å². The molecule has 2 nitrogen and oxygen atoms in total. The fraction of sp³-hybridized carbons (Fsp3) is 1.00. The summed E-state index contributed by atoms with van der Waals surface area (Å²) < 4.78 is 0. The van der Waals surface area contributed by atoms with E-state index in [0.717, 1.165) is 17.8 Å². The van der Waals surface area contributed by atoms with Crippen LogP contribution in [0.1, 0.15) is 52.4 Å². The van der Waals surface area contributed by atoms with Gasteiger partial charge in [0.05, 0.1) is 6.10 Å². The second kappa shape index (κ2) is 3.71. The zero-order chi connectivity index (χ0) is 12.3. The Hall–Kier alpha value is -0.0800. The van der Waals surface area contributed by atoms with Crippen molar-refractivity contribution in [1.29, 1.82) is 0 Å². The fourth-order valence-corrected chi connectivity index (χ4v) is 5.45. The SMILES string of the molecule is CC(C)(CN)C(O)C12CC3CC(CC(C3)C1)C2. The van der Waals surface area contributed by atoms with E-state index in [1.807, 2.05) is 0 Å². The molecule has 2 heteroatoms. The molecule has 98 valence electrons. The Morgan fingerprint density at radius 2 is 1.53 bits per heavy atom. The van der Waals surface area contributed by atoms with Crippen molar-refractivity contribution in [3.63, 3.8) is 0 Å². The lowest BCUT2D eigenvalue weighted by molar-refractivity contribution is -0.153. The van der Waals surface area contributed by atoms with Gasteiger partial charge in [-0.3, -0.25) is 0 Å². The van der Waals surface area contributed by atoms with E-state index in [1.165, 1.54) is 38.5 Å². The highest BCUT2D eigenvalue weighted by atomic mass is 16.3. The molecule has 4 bridgehead atoms. The molecule has 17 heavy (non-hydrogen) atoms. The summed E-state index contributed by atoms with van der Waals surface area (Å²) in [6.07, 6.45) is 7.92. The second-order valence-corrected chi connectivity index (χ2v) is 7.88. The number of aliphatic hydroxyl groups is 1. The van der Waals surface area contributed by atoms with Gasteiger partial charge in [-0.1, -0.05) is 13.8 Å². The number of aliphatic hydroxyl groups excluding tert-OH is 1. The van der Waals surface area contributed by atoms with Crippen LogP contribution in [0.15, 0.2) is 0 Å². The third kappa shape index (κ3) is 1.76. The van der Waals surface area contributed by atoms with Gasteiger partial charge in [0.25, 0.3) is 0 Å². The van der Waals surface area contributed by atoms with Gasteiger partial charge in [0, 0.05) is 5.41 Å². The molecule has 1 unspecified atom stereocenters. The van der Waals surface area contributed by atoms with Crippen LogP contribution in [0.2, 0.25) is 0 Å². The van der Waals surface area contributed by atoms with Crippen LogP contribution in [0.3, 0.4) is 0 Å². The van der Waals surface area contributed by atoms with Crippen LogP contribution >= 0.6 is 0 Å². The summed E-state index contributed by atoms with van der Waals surface area (Å²) in [4.78, 5) is 0. The lowest BCUT2D eigenvalue weighted by Gasteiger charge is -2.60. The van der Waals surface area contributed by atoms with Gasteiger partial charge in [-0.2, -0.15) is 0 Å². The Morgan fingerprint density at radius 1 is 1.12 bits per heavy atom. The molecule has 0 saturated heterocycles. The van der Waals surface area contributed by atoms with Crippen molar-refractivity contribution in [1.82, 2.24) is 0 Å². The third-order valence-electron chi connectivity index (χ3n) is 5.93. The van der Waals surface area contributed by atoms with Crippen LogP contribution in [0.5, 0.6) is 0 Å². The third-order valence-corrected chi connectivity index (χ3v) is 5.93. The molecular weight excluding hydrogens is 210 g/mol. The standard InChI is InChI=1S/C15H27NO/c1-14(2,9-16)13(17)15-6-10-3-11(7-15)5-12(4-10)8-15/h10-13,17H,3-9,16H2,1-2H3. The molecule has 0 heterocycles. The van der Waals surface area contributed by atoms with Gasteiger partial charge in [0.2, 0.25) is 0 Å². The zero-order valence-corrected chi connectivity index (χ0v) is 11.3. The first-order valence-electron chi connectivity index (χ1n) is 7.33. The normalized spacial score (nSPS) is 46.2. The van der Waals surface area contributed by atoms with E-state index in [1.54, 1.807) is 0 Å². The maximum absolute atomic E-state index is 10.9. The first kappa shape index (κ1) is 12.0. The van der Waals surface area contributed by atoms with Crippen molar-refractivity contribution >= 4 is 0 Å². The minimum Gasteiger partial charge on any atom is -0.392 e. The summed E-state index contributed by atoms with van der Waals surface area (Å²) >= 11 is 0. The molecule has 4 saturated carbocycles. The van der Waals surface area contributed by atoms with E-state index in [4.69, 9.17) is 5.73 Å². The quantitative estimate of drug-likeness (QED) is 0.792. The minimum atomic E-state index is -0.201. The highest BCUT2D eigenvalue weighted by molar-refractivity contribution is 5.07. The molecule has 4 aliphatic rings. The largest absolute Gasteiger partial charge is 0.392 e. The molecule has 4 aliphatic carbocycles. The monoisotopic (exact) mass is 237 g/mol. The predicted molar refractivity (Wildman–Crippen MR) is 69.4 cm³/mol. The van der Waals surface area contributed by atoms with E-state index >= 15 is 0 Å². The van der Waals surface area contributed by atoms with Crippen LogP contribution in [-0.4, -0.2) is 17.8 Å². The molecule has 3 N–H and O–H groups in total. The lowest BCUT2D eigenvalue weighted by atomic mass is 9.46. The van der Waals surface area contributed by atoms with Crippen molar-refractivity contribution in [2.24, 2.45) is 34.3 Å². The molecule has 0 radical (unpaired) electrons. The van der Waals surface area contributed by atoms with Crippen LogP contribution in [-0.2, 0) is 0 Å². The summed E-state index contributed by atoms with van der Waals surface area (Å²) in [5, 5.41) is 10.9. The van der Waals surface area contributed by atoms with Crippen molar-refractivity contribution in [3.8, 4) is 0 Å². The van der Waals surface area contributed by atoms with Crippen LogP contribution in [0.25, 0.3) is 0 Å². The molecule has 1 atom stereocenters. The van der Waals surface area contributed by atoms with E-state index in [0.29, 0.717) is 6.54 Å². The Kier molecular flexibility index (Phi) is 2.61. The van der Waals surface area contributed by atoms with Gasteiger partial charge in [-0.15, -0.1) is 0 Å². The van der Waals surface area contributed by atoms with Gasteiger partial charge in [-0.25, -0.2) is 0 Å². The average molecular weight is 237 g/mol. The summed E-state index contributed by atoms with van der Waals surface area (Å²) in [6, 6.07) is 0. The number of hydrogen-bond acceptors (Lipinski definition) is 2. The Bertz CT molecular complexity index is 275. The van der Waals surface area contributed by atoms with Crippen molar-refractivity contribution < 1.29 is 5.11 Å². The lowest BCUT2D eigenvalue weighted by Crippen LogP contribution is -2.56. The van der Waals surface area contributed by atoms with Gasteiger partial charge >= 0.3 is 0 Å². The molecule has 0 aliphatic heterocycles. The number of hydrogen-bond donors (Lipinski definition) is 2.